The average molecular weight is 392 g/mol. The van der Waals surface area contributed by atoms with Crippen molar-refractivity contribution >= 4 is 23.9 Å². The Hall–Kier alpha value is -2.97. The molecule has 8 nitrogen and oxygen atoms in total. The van der Waals surface area contributed by atoms with Crippen LogP contribution in [0, 0.1) is 0 Å². The van der Waals surface area contributed by atoms with E-state index in [1.54, 1.807) is 32.9 Å². The highest BCUT2D eigenvalue weighted by atomic mass is 19.1. The molecule has 2 heterocycles. The van der Waals surface area contributed by atoms with E-state index in [0.29, 0.717) is 5.06 Å². The van der Waals surface area contributed by atoms with Crippen molar-refractivity contribution in [1.82, 2.24) is 9.96 Å². The number of amides is 3. The van der Waals surface area contributed by atoms with Gasteiger partial charge in [-0.1, -0.05) is 17.2 Å². The van der Waals surface area contributed by atoms with Crippen LogP contribution in [0.1, 0.15) is 54.3 Å². The summed E-state index contributed by atoms with van der Waals surface area (Å²) in [6, 6.07) is 5.31. The molecule has 9 heteroatoms. The number of fused-ring (bicyclic) bond motifs is 1. The molecule has 0 unspecified atom stereocenters. The molecule has 1 aromatic carbocycles. The summed E-state index contributed by atoms with van der Waals surface area (Å²) in [7, 11) is 0. The van der Waals surface area contributed by atoms with Gasteiger partial charge in [-0.15, -0.1) is 0 Å². The largest absolute Gasteiger partial charge is 0.444 e. The molecule has 28 heavy (non-hydrogen) atoms. The topological polar surface area (TPSA) is 93.2 Å². The molecule has 0 radical (unpaired) electrons. The zero-order valence-electron chi connectivity index (χ0n) is 15.8. The van der Waals surface area contributed by atoms with Gasteiger partial charge in [0.05, 0.1) is 24.1 Å². The highest BCUT2D eigenvalue weighted by Crippen LogP contribution is 2.27. The van der Waals surface area contributed by atoms with Crippen LogP contribution in [0.5, 0.6) is 0 Å². The van der Waals surface area contributed by atoms with Crippen molar-refractivity contribution in [2.45, 2.75) is 51.4 Å². The predicted molar refractivity (Wildman–Crippen MR) is 93.9 cm³/mol. The van der Waals surface area contributed by atoms with Gasteiger partial charge in [0.15, 0.2) is 0 Å². The normalized spacial score (nSPS) is 21.7. The highest BCUT2D eigenvalue weighted by Gasteiger charge is 2.42. The zero-order valence-corrected chi connectivity index (χ0v) is 15.8. The van der Waals surface area contributed by atoms with Crippen molar-refractivity contribution in [3.05, 3.63) is 35.4 Å². The molecule has 2 aliphatic heterocycles. The van der Waals surface area contributed by atoms with Gasteiger partial charge in [-0.2, -0.15) is 0 Å². The Kier molecular flexibility index (Phi) is 5.10. The number of likely N-dealkylation sites (tertiary alicyclic amines) is 1. The molecule has 0 spiro atoms. The second-order valence-electron chi connectivity index (χ2n) is 7.74. The Labute approximate surface area is 161 Å². The number of ether oxygens (including phenoxy) is 1. The Morgan fingerprint density at radius 3 is 2.25 bits per heavy atom. The molecule has 1 fully saturated rings. The molecule has 0 aliphatic carbocycles. The first-order valence-corrected chi connectivity index (χ1v) is 8.89. The fraction of sp³-hybridized carbons (Fsp3) is 0.474. The summed E-state index contributed by atoms with van der Waals surface area (Å²) in [5.74, 6) is -2.40. The van der Waals surface area contributed by atoms with Crippen molar-refractivity contribution in [2.75, 3.05) is 6.54 Å². The second kappa shape index (κ2) is 7.21. The number of imide groups is 1. The first kappa shape index (κ1) is 19.8. The van der Waals surface area contributed by atoms with Gasteiger partial charge in [0.25, 0.3) is 11.8 Å². The van der Waals surface area contributed by atoms with E-state index in [1.807, 2.05) is 0 Å². The minimum Gasteiger partial charge on any atom is -0.444 e. The number of carbonyl (C=O) groups excluding carboxylic acids is 4. The van der Waals surface area contributed by atoms with Gasteiger partial charge in [0.2, 0.25) is 0 Å². The van der Waals surface area contributed by atoms with Crippen LogP contribution in [0.2, 0.25) is 0 Å². The molecule has 1 aromatic rings. The van der Waals surface area contributed by atoms with Crippen molar-refractivity contribution in [2.24, 2.45) is 0 Å². The van der Waals surface area contributed by atoms with Gasteiger partial charge in [0, 0.05) is 12.5 Å². The summed E-state index contributed by atoms with van der Waals surface area (Å²) < 4.78 is 19.1. The van der Waals surface area contributed by atoms with E-state index >= 15 is 0 Å². The molecule has 150 valence electrons. The van der Waals surface area contributed by atoms with Crippen LogP contribution in [0.25, 0.3) is 0 Å². The summed E-state index contributed by atoms with van der Waals surface area (Å²) in [6.45, 7) is 4.85. The number of hydrogen-bond donors (Lipinski definition) is 0. The van der Waals surface area contributed by atoms with Crippen LogP contribution in [-0.2, 0) is 14.4 Å². The molecule has 1 saturated heterocycles. The van der Waals surface area contributed by atoms with Gasteiger partial charge in [-0.05, 0) is 32.9 Å². The molecular formula is C19H21FN2O6. The molecular weight excluding hydrogens is 371 g/mol. The highest BCUT2D eigenvalue weighted by molar-refractivity contribution is 6.20. The molecule has 3 rings (SSSR count). The van der Waals surface area contributed by atoms with Gasteiger partial charge >= 0.3 is 12.1 Å². The lowest BCUT2D eigenvalue weighted by Crippen LogP contribution is -2.42. The predicted octanol–water partition coefficient (Wildman–Crippen LogP) is 2.48. The summed E-state index contributed by atoms with van der Waals surface area (Å²) in [5.41, 5.74) is -0.489. The standard InChI is InChI=1S/C19H21FN2O6/c1-19(2,3)27-18(26)21-10-11(20)8-12(21)9-15(23)28-22-16(24)13-6-4-5-7-14(13)17(22)25/h4-7,11-12H,8-10H2,1-3H3/t11-,12-/m0/s1. The number of halogens is 1. The maximum absolute atomic E-state index is 13.9. The number of alkyl halides is 1. The van der Waals surface area contributed by atoms with Crippen molar-refractivity contribution in [3.63, 3.8) is 0 Å². The van der Waals surface area contributed by atoms with Gasteiger partial charge in [-0.25, -0.2) is 14.0 Å². The third-order valence-electron chi connectivity index (χ3n) is 4.34. The number of carbonyl (C=O) groups is 4. The molecule has 0 bridgehead atoms. The Bertz CT molecular complexity index is 799. The molecule has 0 N–H and O–H groups in total. The average Bonchev–Trinajstić information content (AvgIpc) is 3.07. The van der Waals surface area contributed by atoms with E-state index in [-0.39, 0.29) is 30.5 Å². The van der Waals surface area contributed by atoms with Crippen molar-refractivity contribution in [3.8, 4) is 0 Å². The fourth-order valence-electron chi connectivity index (χ4n) is 3.18. The molecule has 0 aromatic heterocycles. The third-order valence-corrected chi connectivity index (χ3v) is 4.34. The van der Waals surface area contributed by atoms with E-state index in [0.717, 1.165) is 4.90 Å². The summed E-state index contributed by atoms with van der Waals surface area (Å²) >= 11 is 0. The van der Waals surface area contributed by atoms with Crippen LogP contribution < -0.4 is 0 Å². The van der Waals surface area contributed by atoms with Gasteiger partial charge < -0.3 is 14.5 Å². The lowest BCUT2D eigenvalue weighted by atomic mass is 10.1. The van der Waals surface area contributed by atoms with Crippen LogP contribution in [0.3, 0.4) is 0 Å². The van der Waals surface area contributed by atoms with Crippen molar-refractivity contribution < 1.29 is 33.1 Å². The number of benzene rings is 1. The minimum atomic E-state index is -1.30. The third kappa shape index (κ3) is 3.97. The molecule has 2 aliphatic rings. The van der Waals surface area contributed by atoms with Gasteiger partial charge in [0.1, 0.15) is 11.8 Å². The first-order chi connectivity index (χ1) is 13.1. The van der Waals surface area contributed by atoms with E-state index in [9.17, 15) is 23.6 Å². The summed E-state index contributed by atoms with van der Waals surface area (Å²) in [4.78, 5) is 55.1. The lowest BCUT2D eigenvalue weighted by Gasteiger charge is -2.28. The number of nitrogens with zero attached hydrogens (tertiary/aromatic N) is 2. The van der Waals surface area contributed by atoms with E-state index in [2.05, 4.69) is 0 Å². The Balaban J connectivity index is 1.65. The van der Waals surface area contributed by atoms with E-state index < -0.39 is 41.7 Å². The Morgan fingerprint density at radius 2 is 1.71 bits per heavy atom. The SMILES string of the molecule is CC(C)(C)OC(=O)N1C[C@@H](F)C[C@H]1CC(=O)ON1C(=O)c2ccccc2C1=O. The maximum atomic E-state index is 13.9. The molecule has 0 saturated carbocycles. The molecule has 2 atom stereocenters. The van der Waals surface area contributed by atoms with Crippen molar-refractivity contribution in [1.29, 1.82) is 0 Å². The Morgan fingerprint density at radius 1 is 1.14 bits per heavy atom. The van der Waals surface area contributed by atoms with E-state index in [4.69, 9.17) is 9.57 Å². The zero-order chi connectivity index (χ0) is 20.6. The number of hydroxylamine groups is 2. The van der Waals surface area contributed by atoms with Crippen LogP contribution in [0.15, 0.2) is 24.3 Å². The van der Waals surface area contributed by atoms with Crippen LogP contribution in [0.4, 0.5) is 9.18 Å². The minimum absolute atomic E-state index is 0.0591. The summed E-state index contributed by atoms with van der Waals surface area (Å²) in [5, 5.41) is 0.396. The quantitative estimate of drug-likeness (QED) is 0.734. The monoisotopic (exact) mass is 392 g/mol. The molecule has 3 amide bonds. The van der Waals surface area contributed by atoms with Crippen LogP contribution >= 0.6 is 0 Å². The maximum Gasteiger partial charge on any atom is 0.410 e. The van der Waals surface area contributed by atoms with E-state index in [1.165, 1.54) is 12.1 Å². The van der Waals surface area contributed by atoms with Gasteiger partial charge in [-0.3, -0.25) is 9.59 Å². The smallest absolute Gasteiger partial charge is 0.410 e. The summed E-state index contributed by atoms with van der Waals surface area (Å²) in [6.07, 6.45) is -2.46. The number of hydrogen-bond acceptors (Lipinski definition) is 6. The number of rotatable bonds is 3. The fourth-order valence-corrected chi connectivity index (χ4v) is 3.18. The van der Waals surface area contributed by atoms with Crippen LogP contribution in [-0.4, -0.2) is 58.2 Å². The first-order valence-electron chi connectivity index (χ1n) is 8.89. The lowest BCUT2D eigenvalue weighted by molar-refractivity contribution is -0.169. The second-order valence-corrected chi connectivity index (χ2v) is 7.74.